The first-order valence-electron chi connectivity index (χ1n) is 19.7. The minimum absolute atomic E-state index is 0.00696. The number of fused-ring (bicyclic) bond motifs is 1. The molecule has 292 valence electrons. The highest BCUT2D eigenvalue weighted by Crippen LogP contribution is 2.43. The van der Waals surface area contributed by atoms with Crippen molar-refractivity contribution in [2.45, 2.75) is 161 Å². The number of guanidine groups is 1. The fourth-order valence-electron chi connectivity index (χ4n) is 7.40. The Morgan fingerprint density at radius 1 is 0.868 bits per heavy atom. The number of carbonyl (C=O) groups excluding carboxylic acids is 2. The minimum atomic E-state index is -2.17. The van der Waals surface area contributed by atoms with Crippen molar-refractivity contribution in [3.63, 3.8) is 0 Å². The van der Waals surface area contributed by atoms with E-state index in [2.05, 4.69) is 45.8 Å². The third-order valence-electron chi connectivity index (χ3n) is 11.3. The van der Waals surface area contributed by atoms with Crippen LogP contribution in [0.2, 0.25) is 18.1 Å². The number of hydrogen-bond acceptors (Lipinski definition) is 6. The minimum Gasteiger partial charge on any atom is -0.481 e. The molecule has 53 heavy (non-hydrogen) atoms. The van der Waals surface area contributed by atoms with Crippen LogP contribution in [-0.4, -0.2) is 71.6 Å². The molecule has 2 heterocycles. The molecule has 0 unspecified atom stereocenters. The number of benzene rings is 2. The van der Waals surface area contributed by atoms with Crippen LogP contribution < -0.4 is 0 Å². The summed E-state index contributed by atoms with van der Waals surface area (Å²) in [5.41, 5.74) is 1.59. The molecule has 2 aromatic rings. The number of aliphatic imine (C=N–C) groups is 1. The van der Waals surface area contributed by atoms with E-state index in [1.807, 2.05) is 65.6 Å². The van der Waals surface area contributed by atoms with Crippen molar-refractivity contribution in [1.82, 2.24) is 9.80 Å². The van der Waals surface area contributed by atoms with Gasteiger partial charge in [0, 0.05) is 18.2 Å². The number of ether oxygens (including phenoxy) is 2. The van der Waals surface area contributed by atoms with Crippen LogP contribution in [0.3, 0.4) is 0 Å². The van der Waals surface area contributed by atoms with E-state index >= 15 is 0 Å². The first kappa shape index (κ1) is 42.0. The number of aliphatic carboxylic acids is 1. The molecule has 5 atom stereocenters. The monoisotopic (exact) mass is 749 g/mol. The average Bonchev–Trinajstić information content (AvgIpc) is 3.52. The molecule has 0 aromatic heterocycles. The van der Waals surface area contributed by atoms with Gasteiger partial charge in [0.05, 0.1) is 12.0 Å². The first-order valence-corrected chi connectivity index (χ1v) is 22.6. The summed E-state index contributed by atoms with van der Waals surface area (Å²) in [6.45, 7) is 15.2. The number of carboxylic acids is 1. The Hall–Kier alpha value is -3.70. The van der Waals surface area contributed by atoms with Crippen LogP contribution in [0, 0.1) is 5.92 Å². The van der Waals surface area contributed by atoms with E-state index in [-0.39, 0.29) is 36.4 Å². The summed E-state index contributed by atoms with van der Waals surface area (Å²) in [6, 6.07) is 17.1. The molecule has 0 radical (unpaired) electrons. The molecule has 4 rings (SSSR count). The van der Waals surface area contributed by atoms with Crippen molar-refractivity contribution in [2.75, 3.05) is 0 Å². The third-order valence-corrected chi connectivity index (χ3v) is 15.9. The van der Waals surface area contributed by atoms with Crippen molar-refractivity contribution < 1.29 is 33.4 Å². The summed E-state index contributed by atoms with van der Waals surface area (Å²) in [7, 11) is -2.17. The van der Waals surface area contributed by atoms with Crippen molar-refractivity contribution in [1.29, 1.82) is 0 Å². The molecular weight excluding hydrogens is 687 g/mol. The highest BCUT2D eigenvalue weighted by molar-refractivity contribution is 6.74. The Bertz CT molecular complexity index is 1500. The topological polar surface area (TPSA) is 118 Å². The molecule has 11 heteroatoms. The van der Waals surface area contributed by atoms with E-state index < -0.39 is 44.5 Å². The largest absolute Gasteiger partial charge is 0.481 e. The standard InChI is InChI=1S/C42H63N3O7Si/c1-8-9-10-11-12-13-20-25-35(52-53(6,7)42(3,4)5)28-34-26-27-36-37(38(46)47)31(2)44(41(49)51-30-33-23-18-15-19-24-33)39(45(34)36)43-40(48)50-29-32-21-16-14-17-22-32/h14-19,21-24,31,34-37H,8-13,20,25-30H2,1-7H3,(H,46,47)/b43-39-/t31-,34+,35+,36+,37+/m1/s1. The molecule has 2 aliphatic rings. The predicted molar refractivity (Wildman–Crippen MR) is 211 cm³/mol. The summed E-state index contributed by atoms with van der Waals surface area (Å²) < 4.78 is 18.5. The normalized spacial score (nSPS) is 21.7. The summed E-state index contributed by atoms with van der Waals surface area (Å²) in [6.07, 6.45) is 9.48. The van der Waals surface area contributed by atoms with Gasteiger partial charge in [-0.05, 0) is 61.9 Å². The van der Waals surface area contributed by atoms with Gasteiger partial charge in [-0.1, -0.05) is 133 Å². The van der Waals surface area contributed by atoms with Crippen molar-refractivity contribution in [2.24, 2.45) is 10.9 Å². The number of nitrogens with zero attached hydrogens (tertiary/aromatic N) is 3. The Morgan fingerprint density at radius 3 is 2.00 bits per heavy atom. The zero-order valence-corrected chi connectivity index (χ0v) is 34.1. The lowest BCUT2D eigenvalue weighted by molar-refractivity contribution is -0.146. The first-order chi connectivity index (χ1) is 25.2. The molecule has 0 spiro atoms. The molecule has 0 saturated carbocycles. The summed E-state index contributed by atoms with van der Waals surface area (Å²) in [4.78, 5) is 48.1. The maximum Gasteiger partial charge on any atom is 0.437 e. The van der Waals surface area contributed by atoms with Crippen molar-refractivity contribution in [3.05, 3.63) is 71.8 Å². The molecular formula is C42H63N3O7Si. The second kappa shape index (κ2) is 19.6. The fourth-order valence-corrected chi connectivity index (χ4v) is 8.80. The van der Waals surface area contributed by atoms with Crippen LogP contribution in [0.1, 0.15) is 116 Å². The van der Waals surface area contributed by atoms with E-state index in [9.17, 15) is 19.5 Å². The molecule has 2 aromatic carbocycles. The molecule has 10 nitrogen and oxygen atoms in total. The van der Waals surface area contributed by atoms with Crippen LogP contribution in [0.4, 0.5) is 9.59 Å². The number of amides is 2. The molecule has 2 saturated heterocycles. The van der Waals surface area contributed by atoms with Crippen molar-refractivity contribution >= 4 is 32.4 Å². The van der Waals surface area contributed by atoms with Gasteiger partial charge in [-0.3, -0.25) is 4.79 Å². The van der Waals surface area contributed by atoms with Crippen LogP contribution in [0.25, 0.3) is 0 Å². The lowest BCUT2D eigenvalue weighted by atomic mass is 9.88. The lowest BCUT2D eigenvalue weighted by Gasteiger charge is -2.48. The van der Waals surface area contributed by atoms with E-state index in [1.54, 1.807) is 6.92 Å². The van der Waals surface area contributed by atoms with Gasteiger partial charge in [0.25, 0.3) is 0 Å². The second-order valence-corrected chi connectivity index (χ2v) is 21.1. The number of unbranched alkanes of at least 4 members (excludes halogenated alkanes) is 6. The molecule has 0 aliphatic carbocycles. The van der Waals surface area contributed by atoms with Gasteiger partial charge in [0.2, 0.25) is 5.96 Å². The SMILES string of the molecule is CCCCCCCCC[C@@H](C[C@@H]1CC[C@H]2[C@@H](C(=O)O)[C@@H](C)N(C(=O)OCc3ccccc3)/C(=N/C(=O)OCc3ccccc3)N12)O[Si](C)(C)C(C)(C)C. The fraction of sp³-hybridized carbons (Fsp3) is 0.619. The quantitative estimate of drug-likeness (QED) is 0.125. The van der Waals surface area contributed by atoms with Crippen LogP contribution >= 0.6 is 0 Å². The van der Waals surface area contributed by atoms with Gasteiger partial charge >= 0.3 is 18.2 Å². The molecule has 2 fully saturated rings. The van der Waals surface area contributed by atoms with Crippen molar-refractivity contribution in [3.8, 4) is 0 Å². The third kappa shape index (κ3) is 11.6. The van der Waals surface area contributed by atoms with E-state index in [0.29, 0.717) is 19.3 Å². The molecule has 2 amide bonds. The summed E-state index contributed by atoms with van der Waals surface area (Å²) >= 11 is 0. The average molecular weight is 750 g/mol. The molecule has 2 aliphatic heterocycles. The lowest BCUT2D eigenvalue weighted by Crippen LogP contribution is -2.66. The predicted octanol–water partition coefficient (Wildman–Crippen LogP) is 10.2. The zero-order chi connectivity index (χ0) is 38.6. The molecule has 1 N–H and O–H groups in total. The number of carbonyl (C=O) groups is 3. The Balaban J connectivity index is 1.66. The highest BCUT2D eigenvalue weighted by Gasteiger charge is 2.55. The van der Waals surface area contributed by atoms with Gasteiger partial charge in [-0.2, -0.15) is 0 Å². The van der Waals surface area contributed by atoms with Gasteiger partial charge in [-0.25, -0.2) is 14.5 Å². The van der Waals surface area contributed by atoms with E-state index in [1.165, 1.54) is 37.0 Å². The summed E-state index contributed by atoms with van der Waals surface area (Å²) in [5, 5.41) is 10.6. The Labute approximate surface area is 318 Å². The number of rotatable bonds is 17. The van der Waals surface area contributed by atoms with Gasteiger partial charge in [-0.15, -0.1) is 4.99 Å². The number of hydrogen-bond donors (Lipinski definition) is 1. The van der Waals surface area contributed by atoms with E-state index in [4.69, 9.17) is 13.9 Å². The Morgan fingerprint density at radius 2 is 1.43 bits per heavy atom. The number of carboxylic acid groups (broad SMARTS) is 1. The smallest absolute Gasteiger partial charge is 0.437 e. The van der Waals surface area contributed by atoms with Gasteiger partial charge < -0.3 is 23.9 Å². The summed E-state index contributed by atoms with van der Waals surface area (Å²) in [5.74, 6) is -1.84. The van der Waals surface area contributed by atoms with E-state index in [0.717, 1.165) is 30.4 Å². The van der Waals surface area contributed by atoms with Gasteiger partial charge in [0.1, 0.15) is 13.2 Å². The van der Waals surface area contributed by atoms with Crippen LogP contribution in [0.5, 0.6) is 0 Å². The maximum absolute atomic E-state index is 14.0. The van der Waals surface area contributed by atoms with Crippen LogP contribution in [-0.2, 0) is 31.9 Å². The Kier molecular flexibility index (Phi) is 15.5. The zero-order valence-electron chi connectivity index (χ0n) is 33.1. The maximum atomic E-state index is 14.0. The highest BCUT2D eigenvalue weighted by atomic mass is 28.4. The van der Waals surface area contributed by atoms with Crippen LogP contribution in [0.15, 0.2) is 65.7 Å². The second-order valence-electron chi connectivity index (χ2n) is 16.3. The van der Waals surface area contributed by atoms with Gasteiger partial charge in [0.15, 0.2) is 8.32 Å². The molecule has 0 bridgehead atoms.